The summed E-state index contributed by atoms with van der Waals surface area (Å²) < 4.78 is 1.85. The van der Waals surface area contributed by atoms with E-state index in [-0.39, 0.29) is 0 Å². The van der Waals surface area contributed by atoms with E-state index in [1.54, 1.807) is 0 Å². The number of hydrogen-bond acceptors (Lipinski definition) is 4. The largest absolute Gasteiger partial charge is 0.311 e. The number of rotatable bonds is 7. The fraction of sp³-hybridized carbons (Fsp3) is 0.500. The van der Waals surface area contributed by atoms with Gasteiger partial charge in [0, 0.05) is 49.9 Å². The van der Waals surface area contributed by atoms with Crippen LogP contribution < -0.4 is 5.32 Å². The molecule has 0 radical (unpaired) electrons. The molecule has 2 aromatic rings. The van der Waals surface area contributed by atoms with Crippen molar-refractivity contribution in [1.29, 1.82) is 0 Å². The highest BCUT2D eigenvalue weighted by atomic mass is 32.1. The van der Waals surface area contributed by atoms with Crippen molar-refractivity contribution in [3.8, 4) is 0 Å². The van der Waals surface area contributed by atoms with Crippen LogP contribution >= 0.6 is 11.3 Å². The molecular weight excluding hydrogens is 256 g/mol. The molecule has 0 amide bonds. The second-order valence-corrected chi connectivity index (χ2v) is 5.96. The van der Waals surface area contributed by atoms with Gasteiger partial charge in [-0.15, -0.1) is 11.3 Å². The lowest BCUT2D eigenvalue weighted by atomic mass is 10.3. The van der Waals surface area contributed by atoms with Crippen molar-refractivity contribution in [2.45, 2.75) is 20.0 Å². The molecule has 1 N–H and O–H groups in total. The first kappa shape index (κ1) is 14.2. The molecule has 5 heteroatoms. The maximum atomic E-state index is 4.19. The fourth-order valence-electron chi connectivity index (χ4n) is 2.00. The van der Waals surface area contributed by atoms with Crippen molar-refractivity contribution in [2.75, 3.05) is 20.1 Å². The van der Waals surface area contributed by atoms with Gasteiger partial charge in [-0.2, -0.15) is 5.10 Å². The average molecular weight is 278 g/mol. The average Bonchev–Trinajstić information content (AvgIpc) is 2.94. The molecule has 0 bridgehead atoms. The summed E-state index contributed by atoms with van der Waals surface area (Å²) in [4.78, 5) is 3.75. The summed E-state index contributed by atoms with van der Waals surface area (Å²) in [5.74, 6) is 0. The smallest absolute Gasteiger partial charge is 0.0534 e. The van der Waals surface area contributed by atoms with E-state index in [0.29, 0.717) is 0 Å². The molecular formula is C14H22N4S. The van der Waals surface area contributed by atoms with Crippen molar-refractivity contribution in [3.05, 3.63) is 39.8 Å². The van der Waals surface area contributed by atoms with Gasteiger partial charge in [0.2, 0.25) is 0 Å². The van der Waals surface area contributed by atoms with Gasteiger partial charge in [0.05, 0.1) is 6.20 Å². The second-order valence-electron chi connectivity index (χ2n) is 4.96. The maximum Gasteiger partial charge on any atom is 0.0534 e. The van der Waals surface area contributed by atoms with Crippen molar-refractivity contribution < 1.29 is 0 Å². The van der Waals surface area contributed by atoms with Crippen LogP contribution in [0.25, 0.3) is 0 Å². The summed E-state index contributed by atoms with van der Waals surface area (Å²) in [6.45, 7) is 6.15. The van der Waals surface area contributed by atoms with Crippen molar-refractivity contribution in [2.24, 2.45) is 7.05 Å². The molecule has 4 nitrogen and oxygen atoms in total. The molecule has 0 aliphatic heterocycles. The number of aryl methyl sites for hydroxylation is 2. The van der Waals surface area contributed by atoms with Crippen molar-refractivity contribution in [3.63, 3.8) is 0 Å². The van der Waals surface area contributed by atoms with E-state index < -0.39 is 0 Å². The molecule has 0 unspecified atom stereocenters. The predicted molar refractivity (Wildman–Crippen MR) is 80.3 cm³/mol. The molecule has 2 rings (SSSR count). The Kier molecular flexibility index (Phi) is 5.13. The van der Waals surface area contributed by atoms with Gasteiger partial charge in [0.1, 0.15) is 0 Å². The van der Waals surface area contributed by atoms with Crippen LogP contribution in [0.4, 0.5) is 0 Å². The van der Waals surface area contributed by atoms with Gasteiger partial charge in [-0.1, -0.05) is 0 Å². The number of likely N-dealkylation sites (N-methyl/N-ethyl adjacent to an activating group) is 1. The van der Waals surface area contributed by atoms with E-state index >= 15 is 0 Å². The van der Waals surface area contributed by atoms with Crippen LogP contribution in [0.15, 0.2) is 23.8 Å². The van der Waals surface area contributed by atoms with Crippen LogP contribution in [0, 0.1) is 6.92 Å². The van der Waals surface area contributed by atoms with Gasteiger partial charge < -0.3 is 10.2 Å². The monoisotopic (exact) mass is 278 g/mol. The molecule has 0 saturated carbocycles. The Bertz CT molecular complexity index is 503. The quantitative estimate of drug-likeness (QED) is 0.787. The lowest BCUT2D eigenvalue weighted by Gasteiger charge is -2.15. The molecule has 0 aromatic carbocycles. The number of aromatic nitrogens is 2. The minimum absolute atomic E-state index is 0.952. The molecule has 0 aliphatic rings. The van der Waals surface area contributed by atoms with Gasteiger partial charge in [-0.25, -0.2) is 0 Å². The van der Waals surface area contributed by atoms with Crippen molar-refractivity contribution in [1.82, 2.24) is 20.0 Å². The lowest BCUT2D eigenvalue weighted by Crippen LogP contribution is -2.28. The molecule has 0 aliphatic carbocycles. The molecule has 0 saturated heterocycles. The summed E-state index contributed by atoms with van der Waals surface area (Å²) in [5.41, 5.74) is 2.65. The highest BCUT2D eigenvalue weighted by molar-refractivity contribution is 7.10. The minimum atomic E-state index is 0.952. The Morgan fingerprint density at radius 3 is 2.95 bits per heavy atom. The van der Waals surface area contributed by atoms with E-state index in [4.69, 9.17) is 0 Å². The Morgan fingerprint density at radius 2 is 2.32 bits per heavy atom. The van der Waals surface area contributed by atoms with E-state index in [0.717, 1.165) is 26.2 Å². The van der Waals surface area contributed by atoms with Gasteiger partial charge in [-0.3, -0.25) is 4.68 Å². The highest BCUT2D eigenvalue weighted by Crippen LogP contribution is 2.14. The summed E-state index contributed by atoms with van der Waals surface area (Å²) in [6, 6.07) is 2.18. The molecule has 2 aromatic heterocycles. The lowest BCUT2D eigenvalue weighted by molar-refractivity contribution is 0.324. The number of thiophene rings is 1. The molecule has 0 fully saturated rings. The SMILES string of the molecule is Cc1ccsc1CNCCN(C)Cc1cnn(C)c1. The van der Waals surface area contributed by atoms with E-state index in [1.165, 1.54) is 16.0 Å². The Labute approximate surface area is 119 Å². The maximum absolute atomic E-state index is 4.19. The predicted octanol–water partition coefficient (Wildman–Crippen LogP) is 2.01. The molecule has 2 heterocycles. The third kappa shape index (κ3) is 4.45. The second kappa shape index (κ2) is 6.84. The topological polar surface area (TPSA) is 33.1 Å². The Hall–Kier alpha value is -1.17. The van der Waals surface area contributed by atoms with Crippen LogP contribution in [0.5, 0.6) is 0 Å². The zero-order chi connectivity index (χ0) is 13.7. The van der Waals surface area contributed by atoms with Gasteiger partial charge >= 0.3 is 0 Å². The van der Waals surface area contributed by atoms with Crippen LogP contribution in [0.1, 0.15) is 16.0 Å². The van der Waals surface area contributed by atoms with Crippen LogP contribution in [0.2, 0.25) is 0 Å². The minimum Gasteiger partial charge on any atom is -0.311 e. The third-order valence-corrected chi connectivity index (χ3v) is 4.16. The first-order chi connectivity index (χ1) is 9.15. The summed E-state index contributed by atoms with van der Waals surface area (Å²) in [7, 11) is 4.10. The first-order valence-electron chi connectivity index (χ1n) is 6.55. The molecule has 0 atom stereocenters. The standard InChI is InChI=1S/C14H22N4S/c1-12-4-7-19-14(12)9-15-5-6-17(2)10-13-8-16-18(3)11-13/h4,7-8,11,15H,5-6,9-10H2,1-3H3. The highest BCUT2D eigenvalue weighted by Gasteiger charge is 2.03. The summed E-state index contributed by atoms with van der Waals surface area (Å²) >= 11 is 1.83. The first-order valence-corrected chi connectivity index (χ1v) is 7.43. The number of nitrogens with one attached hydrogen (secondary N) is 1. The normalized spacial score (nSPS) is 11.4. The van der Waals surface area contributed by atoms with E-state index in [1.807, 2.05) is 29.3 Å². The van der Waals surface area contributed by atoms with E-state index in [2.05, 4.69) is 46.9 Å². The Morgan fingerprint density at radius 1 is 1.47 bits per heavy atom. The number of hydrogen-bond donors (Lipinski definition) is 1. The molecule has 104 valence electrons. The van der Waals surface area contributed by atoms with Gasteiger partial charge in [0.15, 0.2) is 0 Å². The zero-order valence-corrected chi connectivity index (χ0v) is 12.7. The van der Waals surface area contributed by atoms with Crippen LogP contribution in [-0.4, -0.2) is 34.8 Å². The van der Waals surface area contributed by atoms with Gasteiger partial charge in [-0.05, 0) is 31.0 Å². The van der Waals surface area contributed by atoms with Gasteiger partial charge in [0.25, 0.3) is 0 Å². The molecule has 0 spiro atoms. The molecule has 19 heavy (non-hydrogen) atoms. The van der Waals surface area contributed by atoms with Crippen LogP contribution in [-0.2, 0) is 20.1 Å². The number of nitrogens with zero attached hydrogens (tertiary/aromatic N) is 3. The van der Waals surface area contributed by atoms with E-state index in [9.17, 15) is 0 Å². The zero-order valence-electron chi connectivity index (χ0n) is 11.9. The summed E-state index contributed by atoms with van der Waals surface area (Å²) in [5, 5.41) is 9.84. The summed E-state index contributed by atoms with van der Waals surface area (Å²) in [6.07, 6.45) is 4.00. The third-order valence-electron chi connectivity index (χ3n) is 3.13. The fourth-order valence-corrected chi connectivity index (χ4v) is 2.88. The Balaban J connectivity index is 1.64. The van der Waals surface area contributed by atoms with Crippen LogP contribution in [0.3, 0.4) is 0 Å². The van der Waals surface area contributed by atoms with Crippen molar-refractivity contribution >= 4 is 11.3 Å².